The lowest BCUT2D eigenvalue weighted by atomic mass is 9.99. The summed E-state index contributed by atoms with van der Waals surface area (Å²) in [5, 5.41) is 15.8. The van der Waals surface area contributed by atoms with E-state index < -0.39 is 0 Å². The van der Waals surface area contributed by atoms with Gasteiger partial charge in [-0.1, -0.05) is 0 Å². The van der Waals surface area contributed by atoms with Crippen LogP contribution in [0.3, 0.4) is 0 Å². The second-order valence-electron chi connectivity index (χ2n) is 5.34. The zero-order valence-electron chi connectivity index (χ0n) is 12.2. The van der Waals surface area contributed by atoms with Gasteiger partial charge in [-0.2, -0.15) is 10.4 Å². The fraction of sp³-hybridized carbons (Fsp3) is 0.400. The molecule has 2 N–H and O–H groups in total. The molecule has 0 aromatic carbocycles. The lowest BCUT2D eigenvalue weighted by molar-refractivity contribution is 0.0801. The Hall–Kier alpha value is -2.59. The van der Waals surface area contributed by atoms with E-state index in [4.69, 9.17) is 10.00 Å². The minimum absolute atomic E-state index is 0.0475. The number of carbonyl (C=O) groups is 1. The van der Waals surface area contributed by atoms with Crippen molar-refractivity contribution in [2.75, 3.05) is 13.2 Å². The zero-order chi connectivity index (χ0) is 15.5. The maximum absolute atomic E-state index is 12.1. The first-order valence-corrected chi connectivity index (χ1v) is 7.15. The summed E-state index contributed by atoms with van der Waals surface area (Å²) in [6.45, 7) is 1.21. The molecule has 0 saturated carbocycles. The highest BCUT2D eigenvalue weighted by atomic mass is 16.5. The highest BCUT2D eigenvalue weighted by Crippen LogP contribution is 2.33. The molecule has 0 aliphatic carbocycles. The Bertz CT molecular complexity index is 712. The molecular weight excluding hydrogens is 282 g/mol. The van der Waals surface area contributed by atoms with E-state index in [0.717, 1.165) is 12.1 Å². The number of carbonyl (C=O) groups excluding carboxylic acids is 1. The number of aromatic amines is 1. The molecule has 1 amide bonds. The number of nitriles is 1. The molecule has 0 bridgehead atoms. The number of hydrogen-bond acceptors (Lipinski definition) is 4. The van der Waals surface area contributed by atoms with Crippen LogP contribution in [0.15, 0.2) is 24.5 Å². The Kier molecular flexibility index (Phi) is 3.94. The highest BCUT2D eigenvalue weighted by molar-refractivity contribution is 5.94. The predicted octanol–water partition coefficient (Wildman–Crippen LogP) is 1.13. The largest absolute Gasteiger partial charge is 0.372 e. The van der Waals surface area contributed by atoms with E-state index in [1.165, 1.54) is 6.20 Å². The molecule has 1 fully saturated rings. The average Bonchev–Trinajstić information content (AvgIpc) is 3.24. The van der Waals surface area contributed by atoms with Gasteiger partial charge >= 0.3 is 0 Å². The average molecular weight is 299 g/mol. The van der Waals surface area contributed by atoms with E-state index in [0.29, 0.717) is 24.4 Å². The fourth-order valence-corrected chi connectivity index (χ4v) is 2.75. The third-order valence-corrected chi connectivity index (χ3v) is 3.96. The lowest BCUT2D eigenvalue weighted by Crippen LogP contribution is -2.30. The number of rotatable bonds is 4. The number of nitrogens with zero attached hydrogens (tertiary/aromatic N) is 3. The minimum atomic E-state index is -0.187. The first kappa shape index (κ1) is 14.4. The summed E-state index contributed by atoms with van der Waals surface area (Å²) < 4.78 is 7.59. The minimum Gasteiger partial charge on any atom is -0.372 e. The van der Waals surface area contributed by atoms with Gasteiger partial charge in [-0.3, -0.25) is 9.48 Å². The quantitative estimate of drug-likeness (QED) is 0.884. The zero-order valence-corrected chi connectivity index (χ0v) is 12.2. The van der Waals surface area contributed by atoms with Gasteiger partial charge in [0, 0.05) is 38.5 Å². The molecule has 1 saturated heterocycles. The third-order valence-electron chi connectivity index (χ3n) is 3.96. The van der Waals surface area contributed by atoms with Crippen LogP contribution < -0.4 is 5.32 Å². The monoisotopic (exact) mass is 299 g/mol. The van der Waals surface area contributed by atoms with Crippen molar-refractivity contribution < 1.29 is 9.53 Å². The van der Waals surface area contributed by atoms with E-state index in [2.05, 4.69) is 15.4 Å². The molecule has 2 atom stereocenters. The molecule has 3 heterocycles. The van der Waals surface area contributed by atoms with E-state index in [1.807, 2.05) is 19.2 Å². The Morgan fingerprint density at radius 2 is 2.55 bits per heavy atom. The van der Waals surface area contributed by atoms with Crippen molar-refractivity contribution in [1.29, 1.82) is 5.26 Å². The van der Waals surface area contributed by atoms with E-state index >= 15 is 0 Å². The van der Waals surface area contributed by atoms with Crippen LogP contribution in [-0.2, 0) is 11.8 Å². The smallest absolute Gasteiger partial charge is 0.252 e. The number of ether oxygens (including phenoxy) is 1. The Morgan fingerprint density at radius 3 is 3.23 bits per heavy atom. The number of aryl methyl sites for hydroxylation is 1. The van der Waals surface area contributed by atoms with Crippen molar-refractivity contribution >= 4 is 5.91 Å². The topological polar surface area (TPSA) is 95.7 Å². The number of hydrogen-bond donors (Lipinski definition) is 2. The van der Waals surface area contributed by atoms with Crippen LogP contribution in [0, 0.1) is 17.2 Å². The van der Waals surface area contributed by atoms with Gasteiger partial charge in [0.15, 0.2) is 0 Å². The van der Waals surface area contributed by atoms with E-state index in [-0.39, 0.29) is 17.9 Å². The Balaban J connectivity index is 1.62. The summed E-state index contributed by atoms with van der Waals surface area (Å²) in [6.07, 6.45) is 4.13. The van der Waals surface area contributed by atoms with Crippen LogP contribution in [0.4, 0.5) is 0 Å². The van der Waals surface area contributed by atoms with Gasteiger partial charge < -0.3 is 15.0 Å². The molecule has 0 spiro atoms. The van der Waals surface area contributed by atoms with Crippen molar-refractivity contribution in [1.82, 2.24) is 20.1 Å². The third kappa shape index (κ3) is 2.73. The first-order chi connectivity index (χ1) is 10.7. The number of H-pyrrole nitrogens is 1. The standard InChI is InChI=1S/C15H17N5O2/c1-20-13(2-4-19-20)14-10(3-5-22-14)8-18-15(21)11-6-12(7-16)17-9-11/h2,4,6,9-10,14,17H,3,5,8H2,1H3,(H,18,21)/t10-,14+/m0/s1. The molecule has 2 aromatic heterocycles. The Labute approximate surface area is 127 Å². The van der Waals surface area contributed by atoms with Gasteiger partial charge in [-0.15, -0.1) is 0 Å². The lowest BCUT2D eigenvalue weighted by Gasteiger charge is -2.19. The van der Waals surface area contributed by atoms with Crippen molar-refractivity contribution in [2.45, 2.75) is 12.5 Å². The van der Waals surface area contributed by atoms with Crippen molar-refractivity contribution in [2.24, 2.45) is 13.0 Å². The second kappa shape index (κ2) is 6.03. The van der Waals surface area contributed by atoms with Crippen LogP contribution in [0.5, 0.6) is 0 Å². The molecule has 0 radical (unpaired) electrons. The van der Waals surface area contributed by atoms with Crippen LogP contribution in [0.1, 0.15) is 34.3 Å². The molecule has 7 nitrogen and oxygen atoms in total. The first-order valence-electron chi connectivity index (χ1n) is 7.15. The molecular formula is C15H17N5O2. The second-order valence-corrected chi connectivity index (χ2v) is 5.34. The highest BCUT2D eigenvalue weighted by Gasteiger charge is 2.31. The Morgan fingerprint density at radius 1 is 1.68 bits per heavy atom. The van der Waals surface area contributed by atoms with Crippen molar-refractivity contribution in [3.8, 4) is 6.07 Å². The van der Waals surface area contributed by atoms with Gasteiger partial charge in [-0.25, -0.2) is 0 Å². The normalized spacial score (nSPS) is 20.7. The number of aromatic nitrogens is 3. The van der Waals surface area contributed by atoms with Gasteiger partial charge in [-0.05, 0) is 18.6 Å². The molecule has 114 valence electrons. The molecule has 7 heteroatoms. The molecule has 22 heavy (non-hydrogen) atoms. The molecule has 2 aromatic rings. The van der Waals surface area contributed by atoms with Crippen LogP contribution in [0.25, 0.3) is 0 Å². The van der Waals surface area contributed by atoms with Crippen molar-refractivity contribution in [3.05, 3.63) is 41.5 Å². The number of amides is 1. The predicted molar refractivity (Wildman–Crippen MR) is 77.8 cm³/mol. The van der Waals surface area contributed by atoms with Gasteiger partial charge in [0.05, 0.1) is 11.3 Å². The maximum Gasteiger partial charge on any atom is 0.252 e. The molecule has 0 unspecified atom stereocenters. The van der Waals surface area contributed by atoms with E-state index in [9.17, 15) is 4.79 Å². The van der Waals surface area contributed by atoms with Gasteiger partial charge in [0.2, 0.25) is 0 Å². The summed E-state index contributed by atoms with van der Waals surface area (Å²) in [4.78, 5) is 14.8. The number of nitrogens with one attached hydrogen (secondary N) is 2. The summed E-state index contributed by atoms with van der Waals surface area (Å²) >= 11 is 0. The maximum atomic E-state index is 12.1. The summed E-state index contributed by atoms with van der Waals surface area (Å²) in [6, 6.07) is 5.45. The van der Waals surface area contributed by atoms with Crippen LogP contribution in [-0.4, -0.2) is 33.8 Å². The fourth-order valence-electron chi connectivity index (χ4n) is 2.75. The van der Waals surface area contributed by atoms with Gasteiger partial charge in [0.1, 0.15) is 17.9 Å². The van der Waals surface area contributed by atoms with Gasteiger partial charge in [0.25, 0.3) is 5.91 Å². The molecule has 1 aliphatic rings. The van der Waals surface area contributed by atoms with Crippen LogP contribution in [0.2, 0.25) is 0 Å². The summed E-state index contributed by atoms with van der Waals surface area (Å²) in [5.41, 5.74) is 1.86. The van der Waals surface area contributed by atoms with E-state index in [1.54, 1.807) is 16.9 Å². The molecule has 3 rings (SSSR count). The summed E-state index contributed by atoms with van der Waals surface area (Å²) in [7, 11) is 1.88. The van der Waals surface area contributed by atoms with Crippen molar-refractivity contribution in [3.63, 3.8) is 0 Å². The summed E-state index contributed by atoms with van der Waals surface area (Å²) in [5.74, 6) is 0.0298. The SMILES string of the molecule is Cn1nccc1[C@@H]1OCC[C@H]1CNC(=O)c1c[nH]c(C#N)c1. The molecule has 1 aliphatic heterocycles. The van der Waals surface area contributed by atoms with Crippen LogP contribution >= 0.6 is 0 Å².